The van der Waals surface area contributed by atoms with Crippen LogP contribution in [0.4, 0.5) is 0 Å². The van der Waals surface area contributed by atoms with Crippen molar-refractivity contribution in [2.75, 3.05) is 13.1 Å². The maximum Gasteiger partial charge on any atom is 0.225 e. The fraction of sp³-hybridized carbons (Fsp3) is 0.611. The third-order valence-corrected chi connectivity index (χ3v) is 4.85. The molecule has 1 aromatic carbocycles. The largest absolute Gasteiger partial charge is 0.351 e. The van der Waals surface area contributed by atoms with Crippen molar-refractivity contribution in [1.29, 1.82) is 0 Å². The summed E-state index contributed by atoms with van der Waals surface area (Å²) >= 11 is 0. The van der Waals surface area contributed by atoms with E-state index in [0.29, 0.717) is 11.5 Å². The normalized spacial score (nSPS) is 24.2. The number of likely N-dealkylation sites (tertiary alicyclic amines) is 1. The molecule has 1 aliphatic heterocycles. The highest BCUT2D eigenvalue weighted by Crippen LogP contribution is 2.53. The van der Waals surface area contributed by atoms with E-state index in [9.17, 15) is 4.79 Å². The highest BCUT2D eigenvalue weighted by molar-refractivity contribution is 5.81. The molecular weight excluding hydrogens is 260 g/mol. The predicted molar refractivity (Wildman–Crippen MR) is 84.8 cm³/mol. The van der Waals surface area contributed by atoms with Gasteiger partial charge in [0.1, 0.15) is 0 Å². The smallest absolute Gasteiger partial charge is 0.225 e. The Morgan fingerprint density at radius 2 is 1.95 bits per heavy atom. The van der Waals surface area contributed by atoms with Gasteiger partial charge in [-0.25, -0.2) is 0 Å². The molecule has 114 valence electrons. The molecule has 0 radical (unpaired) electrons. The third-order valence-electron chi connectivity index (χ3n) is 4.85. The third kappa shape index (κ3) is 3.13. The first-order chi connectivity index (χ1) is 9.89. The van der Waals surface area contributed by atoms with Gasteiger partial charge < -0.3 is 5.32 Å². The Balaban J connectivity index is 1.63. The fourth-order valence-electron chi connectivity index (χ4n) is 3.27. The summed E-state index contributed by atoms with van der Waals surface area (Å²) in [6.07, 6.45) is 2.51. The molecule has 1 amide bonds. The number of rotatable bonds is 3. The van der Waals surface area contributed by atoms with E-state index < -0.39 is 0 Å². The fourth-order valence-corrected chi connectivity index (χ4v) is 3.27. The second-order valence-corrected chi connectivity index (χ2v) is 7.79. The Hall–Kier alpha value is -1.35. The number of nitrogens with one attached hydrogen (secondary N) is 1. The first-order valence-electron chi connectivity index (χ1n) is 7.96. The van der Waals surface area contributed by atoms with E-state index in [0.717, 1.165) is 19.6 Å². The summed E-state index contributed by atoms with van der Waals surface area (Å²) in [6.45, 7) is 9.05. The van der Waals surface area contributed by atoms with E-state index in [1.807, 2.05) is 20.8 Å². The average molecular weight is 286 g/mol. The highest BCUT2D eigenvalue weighted by Gasteiger charge is 2.55. The highest BCUT2D eigenvalue weighted by atomic mass is 16.2. The van der Waals surface area contributed by atoms with E-state index >= 15 is 0 Å². The van der Waals surface area contributed by atoms with Crippen LogP contribution in [0.15, 0.2) is 30.3 Å². The summed E-state index contributed by atoms with van der Waals surface area (Å²) < 4.78 is 0. The van der Waals surface area contributed by atoms with Crippen LogP contribution >= 0.6 is 0 Å². The van der Waals surface area contributed by atoms with E-state index in [1.165, 1.54) is 18.4 Å². The van der Waals surface area contributed by atoms with Crippen LogP contribution < -0.4 is 5.32 Å². The van der Waals surface area contributed by atoms with Gasteiger partial charge in [-0.2, -0.15) is 0 Å². The van der Waals surface area contributed by atoms with Crippen molar-refractivity contribution < 1.29 is 4.79 Å². The van der Waals surface area contributed by atoms with E-state index in [2.05, 4.69) is 40.5 Å². The molecule has 0 aromatic heterocycles. The van der Waals surface area contributed by atoms with Gasteiger partial charge in [-0.15, -0.1) is 0 Å². The molecule has 1 saturated carbocycles. The molecule has 21 heavy (non-hydrogen) atoms. The first-order valence-corrected chi connectivity index (χ1v) is 7.96. The van der Waals surface area contributed by atoms with Gasteiger partial charge in [-0.1, -0.05) is 51.1 Å². The second-order valence-electron chi connectivity index (χ2n) is 7.79. The Morgan fingerprint density at radius 3 is 2.52 bits per heavy atom. The van der Waals surface area contributed by atoms with Crippen molar-refractivity contribution in [2.45, 2.75) is 46.2 Å². The number of carbonyl (C=O) groups is 1. The van der Waals surface area contributed by atoms with Crippen molar-refractivity contribution in [3.05, 3.63) is 35.9 Å². The van der Waals surface area contributed by atoms with Crippen LogP contribution in [0, 0.1) is 10.8 Å². The minimum absolute atomic E-state index is 0.181. The molecule has 1 atom stereocenters. The summed E-state index contributed by atoms with van der Waals surface area (Å²) in [5.41, 5.74) is 1.41. The lowest BCUT2D eigenvalue weighted by Crippen LogP contribution is -2.46. The number of amides is 1. The molecule has 2 fully saturated rings. The monoisotopic (exact) mass is 286 g/mol. The molecule has 1 N–H and O–H groups in total. The quantitative estimate of drug-likeness (QED) is 0.926. The average Bonchev–Trinajstić information content (AvgIpc) is 3.10. The zero-order valence-electron chi connectivity index (χ0n) is 13.4. The Morgan fingerprint density at radius 1 is 1.29 bits per heavy atom. The van der Waals surface area contributed by atoms with Crippen LogP contribution in [0.5, 0.6) is 0 Å². The van der Waals surface area contributed by atoms with Gasteiger partial charge in [0, 0.05) is 36.5 Å². The molecule has 0 bridgehead atoms. The van der Waals surface area contributed by atoms with Crippen molar-refractivity contribution in [1.82, 2.24) is 10.2 Å². The zero-order chi connectivity index (χ0) is 15.1. The Bertz CT molecular complexity index is 514. The molecule has 3 nitrogen and oxygen atoms in total. The lowest BCUT2D eigenvalue weighted by Gasteiger charge is -2.24. The van der Waals surface area contributed by atoms with Crippen LogP contribution in [0.25, 0.3) is 0 Å². The standard InChI is InChI=1S/C18H26N2O/c1-17(2,3)16(21)19-15-12-20(13-18(15)9-10-18)11-14-7-5-4-6-8-14/h4-8,15H,9-13H2,1-3H3,(H,19,21)/t15-/m1/s1. The topological polar surface area (TPSA) is 32.3 Å². The zero-order valence-corrected chi connectivity index (χ0v) is 13.4. The van der Waals surface area contributed by atoms with Crippen LogP contribution in [0.2, 0.25) is 0 Å². The molecule has 3 rings (SSSR count). The Kier molecular flexibility index (Phi) is 3.56. The van der Waals surface area contributed by atoms with E-state index in [4.69, 9.17) is 0 Å². The summed E-state index contributed by atoms with van der Waals surface area (Å²) in [5, 5.41) is 3.31. The van der Waals surface area contributed by atoms with Gasteiger partial charge in [-0.05, 0) is 18.4 Å². The molecular formula is C18H26N2O. The maximum atomic E-state index is 12.3. The minimum atomic E-state index is -0.303. The molecule has 3 heteroatoms. The number of nitrogens with zero attached hydrogens (tertiary/aromatic N) is 1. The summed E-state index contributed by atoms with van der Waals surface area (Å²) in [5.74, 6) is 0.181. The summed E-state index contributed by atoms with van der Waals surface area (Å²) in [7, 11) is 0. The number of carbonyl (C=O) groups excluding carboxylic acids is 1. The lowest BCUT2D eigenvalue weighted by molar-refractivity contribution is -0.129. The lowest BCUT2D eigenvalue weighted by atomic mass is 9.93. The first kappa shape index (κ1) is 14.6. The molecule has 2 aliphatic rings. The Labute approximate surface area is 127 Å². The van der Waals surface area contributed by atoms with Gasteiger partial charge in [0.25, 0.3) is 0 Å². The molecule has 1 aromatic rings. The second kappa shape index (κ2) is 5.13. The van der Waals surface area contributed by atoms with E-state index in [-0.39, 0.29) is 11.3 Å². The van der Waals surface area contributed by atoms with Crippen LogP contribution in [-0.4, -0.2) is 29.9 Å². The SMILES string of the molecule is CC(C)(C)C(=O)N[C@@H]1CN(Cc2ccccc2)CC12CC2. The number of benzene rings is 1. The number of hydrogen-bond acceptors (Lipinski definition) is 2. The van der Waals surface area contributed by atoms with Crippen molar-refractivity contribution in [3.63, 3.8) is 0 Å². The van der Waals surface area contributed by atoms with Gasteiger partial charge >= 0.3 is 0 Å². The van der Waals surface area contributed by atoms with Gasteiger partial charge in [0.2, 0.25) is 5.91 Å². The van der Waals surface area contributed by atoms with Crippen molar-refractivity contribution >= 4 is 5.91 Å². The van der Waals surface area contributed by atoms with Gasteiger partial charge in [0.05, 0.1) is 0 Å². The van der Waals surface area contributed by atoms with Gasteiger partial charge in [-0.3, -0.25) is 9.69 Å². The van der Waals surface area contributed by atoms with Crippen LogP contribution in [0.3, 0.4) is 0 Å². The number of hydrogen-bond donors (Lipinski definition) is 1. The predicted octanol–water partition coefficient (Wildman–Crippen LogP) is 2.81. The molecule has 1 saturated heterocycles. The summed E-state index contributed by atoms with van der Waals surface area (Å²) in [4.78, 5) is 14.8. The van der Waals surface area contributed by atoms with Crippen LogP contribution in [0.1, 0.15) is 39.2 Å². The molecule has 1 heterocycles. The summed E-state index contributed by atoms with van der Waals surface area (Å²) in [6, 6.07) is 10.9. The molecule has 1 aliphatic carbocycles. The van der Waals surface area contributed by atoms with Gasteiger partial charge in [0.15, 0.2) is 0 Å². The van der Waals surface area contributed by atoms with Crippen molar-refractivity contribution in [3.8, 4) is 0 Å². The maximum absolute atomic E-state index is 12.3. The van der Waals surface area contributed by atoms with Crippen molar-refractivity contribution in [2.24, 2.45) is 10.8 Å². The molecule has 0 unspecified atom stereocenters. The molecule has 1 spiro atoms. The minimum Gasteiger partial charge on any atom is -0.351 e. The van der Waals surface area contributed by atoms with E-state index in [1.54, 1.807) is 0 Å². The van der Waals surface area contributed by atoms with Crippen LogP contribution in [-0.2, 0) is 11.3 Å².